The van der Waals surface area contributed by atoms with Gasteiger partial charge in [-0.05, 0) is 12.7 Å². The van der Waals surface area contributed by atoms with Gasteiger partial charge in [-0.25, -0.2) is 0 Å². The molecule has 0 aliphatic heterocycles. The molecule has 1 atom stereocenters. The van der Waals surface area contributed by atoms with Crippen molar-refractivity contribution in [3.05, 3.63) is 0 Å². The van der Waals surface area contributed by atoms with Crippen molar-refractivity contribution in [2.24, 2.45) is 0 Å². The van der Waals surface area contributed by atoms with E-state index in [-0.39, 0.29) is 17.5 Å². The summed E-state index contributed by atoms with van der Waals surface area (Å²) >= 11 is 1.41. The number of hydrogen-bond donors (Lipinski definition) is 1. The summed E-state index contributed by atoms with van der Waals surface area (Å²) in [6.07, 6.45) is 2.17. The van der Waals surface area contributed by atoms with Crippen LogP contribution in [-0.4, -0.2) is 28.4 Å². The summed E-state index contributed by atoms with van der Waals surface area (Å²) in [5, 5.41) is 8.15. The first-order chi connectivity index (χ1) is 5.11. The predicted molar refractivity (Wildman–Crippen MR) is 44.9 cm³/mol. The number of Topliss-reactive ketones (excluding diaryl/α,β-unsaturated/α-hetero) is 1. The zero-order valence-electron chi connectivity index (χ0n) is 6.66. The number of rotatable bonds is 5. The topological polar surface area (TPSA) is 54.4 Å². The van der Waals surface area contributed by atoms with Crippen LogP contribution in [0.4, 0.5) is 0 Å². The third-order valence-corrected chi connectivity index (χ3v) is 2.51. The number of thioether (sulfide) groups is 1. The minimum absolute atomic E-state index is 0.147. The summed E-state index contributed by atoms with van der Waals surface area (Å²) in [5.74, 6) is -1.23. The average molecular weight is 176 g/mol. The highest BCUT2D eigenvalue weighted by molar-refractivity contribution is 7.99. The number of carboxylic acid groups (broad SMARTS) is 1. The van der Waals surface area contributed by atoms with Gasteiger partial charge in [-0.1, -0.05) is 6.92 Å². The number of aliphatic carboxylic acids is 1. The van der Waals surface area contributed by atoms with Crippen molar-refractivity contribution in [3.63, 3.8) is 0 Å². The molecule has 0 rings (SSSR count). The van der Waals surface area contributed by atoms with Gasteiger partial charge in [0, 0.05) is 0 Å². The molecular formula is C7H12O3S. The van der Waals surface area contributed by atoms with Gasteiger partial charge in [0.05, 0.1) is 5.25 Å². The zero-order chi connectivity index (χ0) is 8.85. The molecule has 0 aliphatic carbocycles. The van der Waals surface area contributed by atoms with E-state index in [4.69, 9.17) is 5.11 Å². The monoisotopic (exact) mass is 176 g/mol. The Morgan fingerprint density at radius 3 is 2.36 bits per heavy atom. The van der Waals surface area contributed by atoms with Crippen LogP contribution in [0.1, 0.15) is 19.8 Å². The Kier molecular flexibility index (Phi) is 4.94. The summed E-state index contributed by atoms with van der Waals surface area (Å²) in [6.45, 7) is 1.88. The molecular weight excluding hydrogens is 164 g/mol. The fourth-order valence-electron chi connectivity index (χ4n) is 0.789. The van der Waals surface area contributed by atoms with Gasteiger partial charge in [0.25, 0.3) is 0 Å². The van der Waals surface area contributed by atoms with Gasteiger partial charge in [-0.3, -0.25) is 9.59 Å². The zero-order valence-corrected chi connectivity index (χ0v) is 7.48. The molecule has 0 saturated carbocycles. The molecule has 0 amide bonds. The smallest absolute Gasteiger partial charge is 0.310 e. The SMILES string of the molecule is CCC(SC)C(=O)CC(=O)O. The molecule has 3 nitrogen and oxygen atoms in total. The van der Waals surface area contributed by atoms with Gasteiger partial charge >= 0.3 is 5.97 Å². The number of carboxylic acids is 1. The van der Waals surface area contributed by atoms with Crippen molar-refractivity contribution in [1.29, 1.82) is 0 Å². The molecule has 0 aromatic rings. The van der Waals surface area contributed by atoms with E-state index in [0.29, 0.717) is 6.42 Å². The molecule has 64 valence electrons. The van der Waals surface area contributed by atoms with Gasteiger partial charge in [-0.15, -0.1) is 0 Å². The first kappa shape index (κ1) is 10.5. The fraction of sp³-hybridized carbons (Fsp3) is 0.714. The lowest BCUT2D eigenvalue weighted by Crippen LogP contribution is -2.19. The van der Waals surface area contributed by atoms with E-state index in [1.54, 1.807) is 0 Å². The van der Waals surface area contributed by atoms with E-state index >= 15 is 0 Å². The number of carbonyl (C=O) groups is 2. The van der Waals surface area contributed by atoms with Crippen molar-refractivity contribution in [2.45, 2.75) is 25.0 Å². The number of hydrogen-bond acceptors (Lipinski definition) is 3. The van der Waals surface area contributed by atoms with Gasteiger partial charge in [0.15, 0.2) is 5.78 Å². The van der Waals surface area contributed by atoms with E-state index in [0.717, 1.165) is 0 Å². The highest BCUT2D eigenvalue weighted by atomic mass is 32.2. The van der Waals surface area contributed by atoms with E-state index < -0.39 is 5.97 Å². The number of ketones is 1. The minimum Gasteiger partial charge on any atom is -0.481 e. The van der Waals surface area contributed by atoms with Crippen LogP contribution in [0.15, 0.2) is 0 Å². The Balaban J connectivity index is 3.89. The van der Waals surface area contributed by atoms with Crippen LogP contribution in [0, 0.1) is 0 Å². The third-order valence-electron chi connectivity index (χ3n) is 1.34. The van der Waals surface area contributed by atoms with Crippen molar-refractivity contribution >= 4 is 23.5 Å². The maximum absolute atomic E-state index is 11.0. The lowest BCUT2D eigenvalue weighted by atomic mass is 10.2. The summed E-state index contributed by atoms with van der Waals surface area (Å²) < 4.78 is 0. The molecule has 0 aromatic heterocycles. The van der Waals surface area contributed by atoms with Gasteiger partial charge < -0.3 is 5.11 Å². The van der Waals surface area contributed by atoms with E-state index in [2.05, 4.69) is 0 Å². The lowest BCUT2D eigenvalue weighted by molar-refractivity contribution is -0.140. The van der Waals surface area contributed by atoms with Crippen LogP contribution in [0.2, 0.25) is 0 Å². The second-order valence-corrected chi connectivity index (χ2v) is 3.21. The van der Waals surface area contributed by atoms with Crippen molar-refractivity contribution in [3.8, 4) is 0 Å². The van der Waals surface area contributed by atoms with Gasteiger partial charge in [-0.2, -0.15) is 11.8 Å². The highest BCUT2D eigenvalue weighted by Crippen LogP contribution is 2.12. The molecule has 0 heterocycles. The second kappa shape index (κ2) is 5.18. The Morgan fingerprint density at radius 1 is 1.55 bits per heavy atom. The standard InChI is InChI=1S/C7H12O3S/c1-3-6(11-2)5(8)4-7(9)10/h6H,3-4H2,1-2H3,(H,9,10). The van der Waals surface area contributed by atoms with Crippen LogP contribution in [0.3, 0.4) is 0 Å². The fourth-order valence-corrected chi connectivity index (χ4v) is 1.47. The maximum Gasteiger partial charge on any atom is 0.310 e. The quantitative estimate of drug-likeness (QED) is 0.639. The lowest BCUT2D eigenvalue weighted by Gasteiger charge is -2.07. The number of carbonyl (C=O) groups excluding carboxylic acids is 1. The van der Waals surface area contributed by atoms with E-state index in [1.807, 2.05) is 13.2 Å². The normalized spacial score (nSPS) is 12.5. The van der Waals surface area contributed by atoms with Crippen molar-refractivity contribution < 1.29 is 14.7 Å². The van der Waals surface area contributed by atoms with E-state index in [1.165, 1.54) is 11.8 Å². The molecule has 0 fully saturated rings. The Labute approximate surface area is 70.2 Å². The van der Waals surface area contributed by atoms with Crippen LogP contribution in [0.25, 0.3) is 0 Å². The van der Waals surface area contributed by atoms with Gasteiger partial charge in [0.2, 0.25) is 0 Å². The van der Waals surface area contributed by atoms with Crippen LogP contribution >= 0.6 is 11.8 Å². The Morgan fingerprint density at radius 2 is 2.09 bits per heavy atom. The molecule has 0 saturated heterocycles. The van der Waals surface area contributed by atoms with Crippen LogP contribution < -0.4 is 0 Å². The molecule has 0 aliphatic rings. The second-order valence-electron chi connectivity index (χ2n) is 2.17. The summed E-state index contributed by atoms with van der Waals surface area (Å²) in [7, 11) is 0. The maximum atomic E-state index is 11.0. The van der Waals surface area contributed by atoms with Gasteiger partial charge in [0.1, 0.15) is 6.42 Å². The molecule has 1 N–H and O–H groups in total. The predicted octanol–water partition coefficient (Wildman–Crippen LogP) is 1.17. The molecule has 0 radical (unpaired) electrons. The van der Waals surface area contributed by atoms with Crippen molar-refractivity contribution in [2.75, 3.05) is 6.26 Å². The first-order valence-corrected chi connectivity index (χ1v) is 4.67. The molecule has 11 heavy (non-hydrogen) atoms. The minimum atomic E-state index is -1.04. The van der Waals surface area contributed by atoms with Crippen LogP contribution in [-0.2, 0) is 9.59 Å². The van der Waals surface area contributed by atoms with Crippen molar-refractivity contribution in [1.82, 2.24) is 0 Å². The average Bonchev–Trinajstić information content (AvgIpc) is 1.88. The largest absolute Gasteiger partial charge is 0.481 e. The molecule has 0 spiro atoms. The summed E-state index contributed by atoms with van der Waals surface area (Å²) in [6, 6.07) is 0. The Hall–Kier alpha value is -0.510. The first-order valence-electron chi connectivity index (χ1n) is 3.39. The highest BCUT2D eigenvalue weighted by Gasteiger charge is 2.17. The summed E-state index contributed by atoms with van der Waals surface area (Å²) in [4.78, 5) is 21.1. The van der Waals surface area contributed by atoms with E-state index in [9.17, 15) is 9.59 Å². The molecule has 0 aromatic carbocycles. The third kappa shape index (κ3) is 4.03. The Bertz CT molecular complexity index is 152. The molecule has 4 heteroatoms. The van der Waals surface area contributed by atoms with Crippen LogP contribution in [0.5, 0.6) is 0 Å². The molecule has 1 unspecified atom stereocenters. The molecule has 0 bridgehead atoms. The summed E-state index contributed by atoms with van der Waals surface area (Å²) in [5.41, 5.74) is 0.